The van der Waals surface area contributed by atoms with Crippen LogP contribution in [0.2, 0.25) is 0 Å². The Kier molecular flexibility index (Phi) is 1.54. The van der Waals surface area contributed by atoms with Crippen molar-refractivity contribution < 1.29 is 5.11 Å². The van der Waals surface area contributed by atoms with Crippen molar-refractivity contribution in [2.75, 3.05) is 0 Å². The van der Waals surface area contributed by atoms with Crippen LogP contribution in [0.4, 0.5) is 0 Å². The van der Waals surface area contributed by atoms with Crippen molar-refractivity contribution in [3.63, 3.8) is 0 Å². The second-order valence-corrected chi connectivity index (χ2v) is 5.02. The van der Waals surface area contributed by atoms with Gasteiger partial charge in [-0.1, -0.05) is 20.8 Å². The molecule has 0 radical (unpaired) electrons. The molecular formula is C11H18O. The maximum atomic E-state index is 9.65. The van der Waals surface area contributed by atoms with E-state index in [-0.39, 0.29) is 0 Å². The van der Waals surface area contributed by atoms with E-state index in [2.05, 4.69) is 26.8 Å². The van der Waals surface area contributed by atoms with E-state index < -0.39 is 0 Å². The molecule has 1 saturated carbocycles. The minimum absolute atomic E-state index is 0.397. The molecule has 0 aromatic rings. The van der Waals surface area contributed by atoms with E-state index in [1.54, 1.807) is 0 Å². The standard InChI is InChI=1S/C11H18O/c1-7-4-5-8-9(6-10(7)12)11(8,2)3/h6-9,12H,4-5H2,1-3H3/t7-,8+,9-/m0/s1. The quantitative estimate of drug-likeness (QED) is 0.586. The highest BCUT2D eigenvalue weighted by Gasteiger charge is 2.56. The van der Waals surface area contributed by atoms with Crippen LogP contribution >= 0.6 is 0 Å². The van der Waals surface area contributed by atoms with Crippen LogP contribution in [0.5, 0.6) is 0 Å². The fourth-order valence-corrected chi connectivity index (χ4v) is 2.59. The van der Waals surface area contributed by atoms with E-state index >= 15 is 0 Å². The number of fused-ring (bicyclic) bond motifs is 1. The van der Waals surface area contributed by atoms with Crippen LogP contribution in [-0.2, 0) is 0 Å². The Morgan fingerprint density at radius 1 is 1.42 bits per heavy atom. The zero-order valence-electron chi connectivity index (χ0n) is 8.17. The first-order valence-corrected chi connectivity index (χ1v) is 4.94. The van der Waals surface area contributed by atoms with Gasteiger partial charge in [0.15, 0.2) is 0 Å². The number of allylic oxidation sites excluding steroid dienone is 2. The van der Waals surface area contributed by atoms with Crippen molar-refractivity contribution in [2.24, 2.45) is 23.2 Å². The predicted molar refractivity (Wildman–Crippen MR) is 49.9 cm³/mol. The molecule has 0 aromatic heterocycles. The molecule has 12 heavy (non-hydrogen) atoms. The summed E-state index contributed by atoms with van der Waals surface area (Å²) in [5.74, 6) is 2.52. The molecule has 3 atom stereocenters. The first-order chi connectivity index (χ1) is 5.53. The Bertz CT molecular complexity index is 227. The molecule has 0 heterocycles. The third kappa shape index (κ3) is 0.988. The summed E-state index contributed by atoms with van der Waals surface area (Å²) in [6.07, 6.45) is 4.55. The molecule has 0 spiro atoms. The number of aliphatic hydroxyl groups is 1. The van der Waals surface area contributed by atoms with Crippen LogP contribution in [0.25, 0.3) is 0 Å². The third-order valence-corrected chi connectivity index (χ3v) is 3.91. The molecule has 1 fully saturated rings. The molecule has 0 aromatic carbocycles. The van der Waals surface area contributed by atoms with Gasteiger partial charge in [0.25, 0.3) is 0 Å². The van der Waals surface area contributed by atoms with Crippen molar-refractivity contribution >= 4 is 0 Å². The largest absolute Gasteiger partial charge is 0.512 e. The van der Waals surface area contributed by atoms with Gasteiger partial charge in [0.05, 0.1) is 5.76 Å². The minimum Gasteiger partial charge on any atom is -0.512 e. The van der Waals surface area contributed by atoms with Gasteiger partial charge in [-0.05, 0) is 36.2 Å². The average Bonchev–Trinajstić information content (AvgIpc) is 2.53. The van der Waals surface area contributed by atoms with E-state index in [1.807, 2.05) is 0 Å². The van der Waals surface area contributed by atoms with Crippen LogP contribution in [0.1, 0.15) is 33.6 Å². The van der Waals surface area contributed by atoms with Gasteiger partial charge in [0.1, 0.15) is 0 Å². The fraction of sp³-hybridized carbons (Fsp3) is 0.818. The summed E-state index contributed by atoms with van der Waals surface area (Å²) in [5.41, 5.74) is 0.466. The molecule has 0 bridgehead atoms. The topological polar surface area (TPSA) is 20.2 Å². The monoisotopic (exact) mass is 166 g/mol. The molecule has 1 heteroatoms. The summed E-state index contributed by atoms with van der Waals surface area (Å²) in [7, 11) is 0. The second kappa shape index (κ2) is 2.27. The van der Waals surface area contributed by atoms with Gasteiger partial charge in [0, 0.05) is 5.92 Å². The lowest BCUT2D eigenvalue weighted by Crippen LogP contribution is -2.01. The van der Waals surface area contributed by atoms with Gasteiger partial charge in [-0.2, -0.15) is 0 Å². The van der Waals surface area contributed by atoms with Crippen LogP contribution in [-0.4, -0.2) is 5.11 Å². The average molecular weight is 166 g/mol. The van der Waals surface area contributed by atoms with Crippen molar-refractivity contribution in [1.29, 1.82) is 0 Å². The Morgan fingerprint density at radius 3 is 2.75 bits per heavy atom. The molecule has 0 saturated heterocycles. The highest BCUT2D eigenvalue weighted by molar-refractivity contribution is 5.19. The molecular weight excluding hydrogens is 148 g/mol. The maximum Gasteiger partial charge on any atom is 0.0914 e. The lowest BCUT2D eigenvalue weighted by molar-refractivity contribution is 0.320. The first-order valence-electron chi connectivity index (χ1n) is 4.94. The van der Waals surface area contributed by atoms with E-state index in [0.717, 1.165) is 12.3 Å². The van der Waals surface area contributed by atoms with Crippen LogP contribution in [0, 0.1) is 23.2 Å². The second-order valence-electron chi connectivity index (χ2n) is 5.02. The summed E-state index contributed by atoms with van der Waals surface area (Å²) in [4.78, 5) is 0. The van der Waals surface area contributed by atoms with Gasteiger partial charge < -0.3 is 5.11 Å². The SMILES string of the molecule is C[C@H]1CC[C@@H]2[C@H](C=C1O)C2(C)C. The molecule has 2 aliphatic rings. The van der Waals surface area contributed by atoms with Crippen LogP contribution < -0.4 is 0 Å². The number of rotatable bonds is 0. The molecule has 0 aliphatic heterocycles. The van der Waals surface area contributed by atoms with Gasteiger partial charge in [-0.3, -0.25) is 0 Å². The predicted octanol–water partition coefficient (Wildman–Crippen LogP) is 3.13. The van der Waals surface area contributed by atoms with E-state index in [1.165, 1.54) is 6.42 Å². The third-order valence-electron chi connectivity index (χ3n) is 3.91. The Hall–Kier alpha value is -0.460. The number of hydrogen-bond acceptors (Lipinski definition) is 1. The molecule has 68 valence electrons. The van der Waals surface area contributed by atoms with Crippen molar-refractivity contribution in [2.45, 2.75) is 33.6 Å². The zero-order chi connectivity index (χ0) is 8.93. The summed E-state index contributed by atoms with van der Waals surface area (Å²) < 4.78 is 0. The number of aliphatic hydroxyl groups excluding tert-OH is 1. The van der Waals surface area contributed by atoms with Gasteiger partial charge >= 0.3 is 0 Å². The normalized spacial score (nSPS) is 44.2. The van der Waals surface area contributed by atoms with Gasteiger partial charge in [0.2, 0.25) is 0 Å². The molecule has 1 nitrogen and oxygen atoms in total. The molecule has 2 rings (SSSR count). The van der Waals surface area contributed by atoms with Crippen LogP contribution in [0.15, 0.2) is 11.8 Å². The highest BCUT2D eigenvalue weighted by atomic mass is 16.3. The smallest absolute Gasteiger partial charge is 0.0914 e. The molecule has 2 aliphatic carbocycles. The minimum atomic E-state index is 0.397. The Labute approximate surface area is 74.5 Å². The Morgan fingerprint density at radius 2 is 2.08 bits per heavy atom. The lowest BCUT2D eigenvalue weighted by atomic mass is 9.97. The fourth-order valence-electron chi connectivity index (χ4n) is 2.59. The highest BCUT2D eigenvalue weighted by Crippen LogP contribution is 2.62. The van der Waals surface area contributed by atoms with Crippen molar-refractivity contribution in [3.8, 4) is 0 Å². The van der Waals surface area contributed by atoms with Gasteiger partial charge in [-0.25, -0.2) is 0 Å². The molecule has 0 unspecified atom stereocenters. The van der Waals surface area contributed by atoms with E-state index in [4.69, 9.17) is 0 Å². The van der Waals surface area contributed by atoms with Gasteiger partial charge in [-0.15, -0.1) is 0 Å². The zero-order valence-corrected chi connectivity index (χ0v) is 8.17. The lowest BCUT2D eigenvalue weighted by Gasteiger charge is -2.11. The van der Waals surface area contributed by atoms with Crippen molar-refractivity contribution in [3.05, 3.63) is 11.8 Å². The summed E-state index contributed by atoms with van der Waals surface area (Å²) in [6.45, 7) is 6.73. The first kappa shape index (κ1) is 8.15. The summed E-state index contributed by atoms with van der Waals surface area (Å²) in [6, 6.07) is 0. The van der Waals surface area contributed by atoms with E-state index in [9.17, 15) is 5.11 Å². The van der Waals surface area contributed by atoms with E-state index in [0.29, 0.717) is 23.0 Å². The van der Waals surface area contributed by atoms with Crippen LogP contribution in [0.3, 0.4) is 0 Å². The summed E-state index contributed by atoms with van der Waals surface area (Å²) in [5, 5.41) is 9.65. The summed E-state index contributed by atoms with van der Waals surface area (Å²) >= 11 is 0. The maximum absolute atomic E-state index is 9.65. The molecule has 0 amide bonds. The van der Waals surface area contributed by atoms with Crippen molar-refractivity contribution in [1.82, 2.24) is 0 Å². The number of hydrogen-bond donors (Lipinski definition) is 1. The Balaban J connectivity index is 2.19. The molecule has 1 N–H and O–H groups in total.